The Hall–Kier alpha value is -2.76. The van der Waals surface area contributed by atoms with Gasteiger partial charge in [0.25, 0.3) is 0 Å². The van der Waals surface area contributed by atoms with E-state index in [9.17, 15) is 10.2 Å². The van der Waals surface area contributed by atoms with Crippen LogP contribution in [-0.4, -0.2) is 38.7 Å². The zero-order chi connectivity index (χ0) is 20.6. The van der Waals surface area contributed by atoms with E-state index in [1.807, 2.05) is 6.07 Å². The molecule has 0 aromatic heterocycles. The fourth-order valence-corrected chi connectivity index (χ4v) is 4.07. The lowest BCUT2D eigenvalue weighted by Crippen LogP contribution is -2.18. The lowest BCUT2D eigenvalue weighted by Gasteiger charge is -2.29. The molecule has 6 heteroatoms. The van der Waals surface area contributed by atoms with Crippen LogP contribution in [0.1, 0.15) is 25.0 Å². The summed E-state index contributed by atoms with van der Waals surface area (Å²) in [6, 6.07) is 3.61. The van der Waals surface area contributed by atoms with Crippen LogP contribution in [0.3, 0.4) is 0 Å². The van der Waals surface area contributed by atoms with E-state index < -0.39 is 0 Å². The van der Waals surface area contributed by atoms with Crippen molar-refractivity contribution in [3.05, 3.63) is 23.3 Å². The van der Waals surface area contributed by atoms with Gasteiger partial charge in [0.05, 0.1) is 28.4 Å². The fraction of sp³-hybridized carbons (Fsp3) is 0.455. The van der Waals surface area contributed by atoms with Gasteiger partial charge in [-0.15, -0.1) is 0 Å². The molecule has 0 aliphatic heterocycles. The van der Waals surface area contributed by atoms with Gasteiger partial charge < -0.3 is 29.2 Å². The van der Waals surface area contributed by atoms with Crippen molar-refractivity contribution in [2.24, 2.45) is 11.8 Å². The van der Waals surface area contributed by atoms with Gasteiger partial charge in [-0.2, -0.15) is 0 Å². The molecule has 0 heterocycles. The molecule has 28 heavy (non-hydrogen) atoms. The van der Waals surface area contributed by atoms with Gasteiger partial charge in [-0.25, -0.2) is 0 Å². The lowest BCUT2D eigenvalue weighted by atomic mass is 9.77. The summed E-state index contributed by atoms with van der Waals surface area (Å²) in [6.07, 6.45) is 1.49. The Balaban J connectivity index is 2.47. The monoisotopic (exact) mass is 388 g/mol. The molecule has 0 saturated heterocycles. The second kappa shape index (κ2) is 7.70. The first-order valence-corrected chi connectivity index (χ1v) is 9.31. The van der Waals surface area contributed by atoms with Crippen molar-refractivity contribution in [3.8, 4) is 45.6 Å². The summed E-state index contributed by atoms with van der Waals surface area (Å²) in [4.78, 5) is 0. The molecule has 6 nitrogen and oxygen atoms in total. The molecule has 2 atom stereocenters. The van der Waals surface area contributed by atoms with Gasteiger partial charge in [-0.3, -0.25) is 0 Å². The molecule has 0 saturated carbocycles. The first kappa shape index (κ1) is 20.0. The first-order valence-electron chi connectivity index (χ1n) is 9.31. The third kappa shape index (κ3) is 3.07. The highest BCUT2D eigenvalue weighted by molar-refractivity contribution is 5.88. The van der Waals surface area contributed by atoms with Crippen LogP contribution in [0.5, 0.6) is 34.5 Å². The molecular formula is C22H28O6. The molecule has 152 valence electrons. The van der Waals surface area contributed by atoms with Crippen LogP contribution in [0.25, 0.3) is 11.1 Å². The minimum Gasteiger partial charge on any atom is -0.504 e. The fourth-order valence-electron chi connectivity index (χ4n) is 4.07. The maximum atomic E-state index is 11.0. The number of benzene rings is 2. The van der Waals surface area contributed by atoms with Crippen LogP contribution < -0.4 is 18.9 Å². The largest absolute Gasteiger partial charge is 0.504 e. The third-order valence-electron chi connectivity index (χ3n) is 5.74. The normalized spacial score (nSPS) is 18.4. The summed E-state index contributed by atoms with van der Waals surface area (Å²) >= 11 is 0. The molecular weight excluding hydrogens is 360 g/mol. The number of methoxy groups -OCH3 is 4. The Morgan fingerprint density at radius 1 is 0.714 bits per heavy atom. The van der Waals surface area contributed by atoms with Crippen molar-refractivity contribution in [1.82, 2.24) is 0 Å². The Labute approximate surface area is 165 Å². The van der Waals surface area contributed by atoms with Gasteiger partial charge in [0, 0.05) is 11.1 Å². The summed E-state index contributed by atoms with van der Waals surface area (Å²) < 4.78 is 22.1. The van der Waals surface area contributed by atoms with E-state index >= 15 is 0 Å². The SMILES string of the molecule is COc1cc2c(c(OC)c1OC)-c1c(cc(O)c(OC)c1O)C[C@H](C)[C@H](C)C2. The number of phenolic OH excluding ortho intramolecular Hbond substituents is 2. The average molecular weight is 388 g/mol. The molecule has 0 amide bonds. The minimum atomic E-state index is -0.106. The van der Waals surface area contributed by atoms with Gasteiger partial charge in [0.2, 0.25) is 11.5 Å². The number of phenols is 2. The highest BCUT2D eigenvalue weighted by atomic mass is 16.5. The van der Waals surface area contributed by atoms with Gasteiger partial charge in [0.15, 0.2) is 23.0 Å². The number of aromatic hydroxyl groups is 2. The van der Waals surface area contributed by atoms with Crippen molar-refractivity contribution in [1.29, 1.82) is 0 Å². The second-order valence-electron chi connectivity index (χ2n) is 7.35. The molecule has 0 bridgehead atoms. The molecule has 2 N–H and O–H groups in total. The van der Waals surface area contributed by atoms with E-state index in [-0.39, 0.29) is 17.2 Å². The zero-order valence-corrected chi connectivity index (χ0v) is 17.3. The second-order valence-corrected chi connectivity index (χ2v) is 7.35. The molecule has 1 aliphatic carbocycles. The smallest absolute Gasteiger partial charge is 0.203 e. The Morgan fingerprint density at radius 2 is 1.25 bits per heavy atom. The summed E-state index contributed by atoms with van der Waals surface area (Å²) in [6.45, 7) is 4.38. The van der Waals surface area contributed by atoms with E-state index in [0.29, 0.717) is 41.1 Å². The van der Waals surface area contributed by atoms with Crippen LogP contribution in [0.4, 0.5) is 0 Å². The Kier molecular flexibility index (Phi) is 5.49. The maximum Gasteiger partial charge on any atom is 0.203 e. The number of rotatable bonds is 4. The predicted octanol–water partition coefficient (Wildman–Crippen LogP) is 4.17. The van der Waals surface area contributed by atoms with Gasteiger partial charge in [0.1, 0.15) is 0 Å². The summed E-state index contributed by atoms with van der Waals surface area (Å²) in [7, 11) is 6.13. The van der Waals surface area contributed by atoms with Crippen LogP contribution in [0.15, 0.2) is 12.1 Å². The summed E-state index contributed by atoms with van der Waals surface area (Å²) in [5, 5.41) is 21.4. The third-order valence-corrected chi connectivity index (χ3v) is 5.74. The topological polar surface area (TPSA) is 77.4 Å². The molecule has 0 fully saturated rings. The summed E-state index contributed by atoms with van der Waals surface area (Å²) in [5.41, 5.74) is 3.16. The molecule has 2 aromatic carbocycles. The van der Waals surface area contributed by atoms with Gasteiger partial charge in [-0.1, -0.05) is 13.8 Å². The van der Waals surface area contributed by atoms with E-state index in [1.165, 1.54) is 7.11 Å². The van der Waals surface area contributed by atoms with Crippen LogP contribution in [0, 0.1) is 11.8 Å². The Morgan fingerprint density at radius 3 is 1.75 bits per heavy atom. The van der Waals surface area contributed by atoms with Crippen molar-refractivity contribution >= 4 is 0 Å². The average Bonchev–Trinajstić information content (AvgIpc) is 2.66. The summed E-state index contributed by atoms with van der Waals surface area (Å²) in [5.74, 6) is 2.10. The molecule has 0 spiro atoms. The first-order chi connectivity index (χ1) is 13.4. The molecule has 1 aliphatic rings. The molecule has 0 unspecified atom stereocenters. The number of hydrogen-bond donors (Lipinski definition) is 2. The van der Waals surface area contributed by atoms with Crippen molar-refractivity contribution < 1.29 is 29.2 Å². The number of ether oxygens (including phenoxy) is 4. The van der Waals surface area contributed by atoms with Crippen LogP contribution in [-0.2, 0) is 12.8 Å². The van der Waals surface area contributed by atoms with Crippen molar-refractivity contribution in [3.63, 3.8) is 0 Å². The lowest BCUT2D eigenvalue weighted by molar-refractivity contribution is 0.321. The quantitative estimate of drug-likeness (QED) is 0.819. The van der Waals surface area contributed by atoms with Crippen molar-refractivity contribution in [2.75, 3.05) is 28.4 Å². The van der Waals surface area contributed by atoms with E-state index in [0.717, 1.165) is 23.1 Å². The minimum absolute atomic E-state index is 0.0443. The number of hydrogen-bond acceptors (Lipinski definition) is 6. The van der Waals surface area contributed by atoms with Crippen LogP contribution in [0.2, 0.25) is 0 Å². The Bertz CT molecular complexity index is 890. The molecule has 0 radical (unpaired) electrons. The molecule has 2 aromatic rings. The van der Waals surface area contributed by atoms with E-state index in [4.69, 9.17) is 18.9 Å². The predicted molar refractivity (Wildman–Crippen MR) is 107 cm³/mol. The van der Waals surface area contributed by atoms with Crippen molar-refractivity contribution in [2.45, 2.75) is 26.7 Å². The van der Waals surface area contributed by atoms with E-state index in [2.05, 4.69) is 13.8 Å². The van der Waals surface area contributed by atoms with Gasteiger partial charge >= 0.3 is 0 Å². The van der Waals surface area contributed by atoms with Crippen LogP contribution >= 0.6 is 0 Å². The standard InChI is InChI=1S/C22H28O6/c1-11-7-13-9-15(23)20(26-4)19(24)17(13)18-14(8-12(11)2)10-16(25-3)21(27-5)22(18)28-6/h9-12,23-24H,7-8H2,1-6H3/t11-,12+/m0/s1. The molecule has 3 rings (SSSR count). The highest BCUT2D eigenvalue weighted by Crippen LogP contribution is 2.55. The van der Waals surface area contributed by atoms with Gasteiger partial charge in [-0.05, 0) is 47.9 Å². The van der Waals surface area contributed by atoms with E-state index in [1.54, 1.807) is 27.4 Å². The maximum absolute atomic E-state index is 11.0. The number of fused-ring (bicyclic) bond motifs is 3. The zero-order valence-electron chi connectivity index (χ0n) is 17.3. The highest BCUT2D eigenvalue weighted by Gasteiger charge is 2.32.